The molecule has 0 radical (unpaired) electrons. The van der Waals surface area contributed by atoms with E-state index in [1.807, 2.05) is 0 Å². The molecule has 0 bridgehead atoms. The standard InChI is InChI=1S/C7H9ClF2N2O2S/c1-3-12-4(2)6(15(8,13)14)5(11-12)7(9)10/h7H,3H2,1-2H3. The largest absolute Gasteiger partial charge is 0.283 e. The Balaban J connectivity index is 3.53. The minimum absolute atomic E-state index is 0.128. The van der Waals surface area contributed by atoms with E-state index in [4.69, 9.17) is 10.7 Å². The molecule has 0 amide bonds. The van der Waals surface area contributed by atoms with Crippen LogP contribution in [0.4, 0.5) is 8.78 Å². The molecule has 0 saturated carbocycles. The zero-order valence-corrected chi connectivity index (χ0v) is 9.61. The Hall–Kier alpha value is -0.690. The predicted molar refractivity (Wildman–Crippen MR) is 50.6 cm³/mol. The van der Waals surface area contributed by atoms with Crippen molar-refractivity contribution in [2.75, 3.05) is 0 Å². The van der Waals surface area contributed by atoms with Crippen LogP contribution in [0.15, 0.2) is 4.90 Å². The van der Waals surface area contributed by atoms with Crippen LogP contribution in [0.3, 0.4) is 0 Å². The van der Waals surface area contributed by atoms with Gasteiger partial charge in [-0.15, -0.1) is 0 Å². The molecule has 0 atom stereocenters. The quantitative estimate of drug-likeness (QED) is 0.780. The van der Waals surface area contributed by atoms with Gasteiger partial charge in [0.15, 0.2) is 0 Å². The molecule has 1 aromatic heterocycles. The van der Waals surface area contributed by atoms with Crippen molar-refractivity contribution in [3.8, 4) is 0 Å². The normalized spacial score (nSPS) is 12.4. The molecule has 4 nitrogen and oxygen atoms in total. The molecule has 1 rings (SSSR count). The third kappa shape index (κ3) is 2.28. The number of aromatic nitrogens is 2. The Bertz CT molecular complexity index is 470. The first-order chi connectivity index (χ1) is 6.79. The minimum Gasteiger partial charge on any atom is -0.268 e. The van der Waals surface area contributed by atoms with Gasteiger partial charge in [-0.1, -0.05) is 0 Å². The van der Waals surface area contributed by atoms with Crippen molar-refractivity contribution in [3.63, 3.8) is 0 Å². The molecule has 0 unspecified atom stereocenters. The Morgan fingerprint density at radius 2 is 2.07 bits per heavy atom. The van der Waals surface area contributed by atoms with Gasteiger partial charge in [0.05, 0.1) is 5.69 Å². The van der Waals surface area contributed by atoms with Crippen LogP contribution in [0.5, 0.6) is 0 Å². The lowest BCUT2D eigenvalue weighted by molar-refractivity contribution is 0.142. The summed E-state index contributed by atoms with van der Waals surface area (Å²) in [7, 11) is 0.879. The molecule has 0 fully saturated rings. The number of halogens is 3. The highest BCUT2D eigenvalue weighted by Gasteiger charge is 2.29. The first-order valence-corrected chi connectivity index (χ1v) is 6.40. The molecule has 0 aliphatic heterocycles. The van der Waals surface area contributed by atoms with E-state index in [9.17, 15) is 17.2 Å². The number of hydrogen-bond donors (Lipinski definition) is 0. The Labute approximate surface area is 90.3 Å². The Morgan fingerprint density at radius 1 is 1.53 bits per heavy atom. The van der Waals surface area contributed by atoms with E-state index < -0.39 is 26.1 Å². The smallest absolute Gasteiger partial charge is 0.268 e. The molecule has 0 aliphatic rings. The minimum atomic E-state index is -4.19. The van der Waals surface area contributed by atoms with Gasteiger partial charge < -0.3 is 0 Å². The number of alkyl halides is 2. The fourth-order valence-corrected chi connectivity index (χ4v) is 2.72. The monoisotopic (exact) mass is 258 g/mol. The van der Waals surface area contributed by atoms with Crippen LogP contribution in [0.2, 0.25) is 0 Å². The van der Waals surface area contributed by atoms with Gasteiger partial charge in [0.25, 0.3) is 15.5 Å². The predicted octanol–water partition coefficient (Wildman–Crippen LogP) is 2.08. The zero-order chi connectivity index (χ0) is 11.8. The van der Waals surface area contributed by atoms with Crippen LogP contribution in [0.25, 0.3) is 0 Å². The molecule has 1 aromatic rings. The van der Waals surface area contributed by atoms with Crippen LogP contribution in [-0.4, -0.2) is 18.2 Å². The maximum Gasteiger partial charge on any atom is 0.283 e. The van der Waals surface area contributed by atoms with E-state index in [0.29, 0.717) is 6.54 Å². The van der Waals surface area contributed by atoms with Gasteiger partial charge >= 0.3 is 0 Å². The van der Waals surface area contributed by atoms with Crippen LogP contribution < -0.4 is 0 Å². The van der Waals surface area contributed by atoms with Crippen molar-refractivity contribution in [2.45, 2.75) is 31.7 Å². The van der Waals surface area contributed by atoms with Crippen molar-refractivity contribution < 1.29 is 17.2 Å². The highest BCUT2D eigenvalue weighted by Crippen LogP contribution is 2.30. The van der Waals surface area contributed by atoms with Crippen LogP contribution in [-0.2, 0) is 15.6 Å². The lowest BCUT2D eigenvalue weighted by Gasteiger charge is -1.98. The molecule has 0 saturated heterocycles. The summed E-state index contributed by atoms with van der Waals surface area (Å²) in [5, 5.41) is 3.50. The fourth-order valence-electron chi connectivity index (χ4n) is 1.30. The summed E-state index contributed by atoms with van der Waals surface area (Å²) in [6.45, 7) is 3.36. The highest BCUT2D eigenvalue weighted by atomic mass is 35.7. The second kappa shape index (κ2) is 4.05. The first kappa shape index (κ1) is 12.4. The molecule has 86 valence electrons. The lowest BCUT2D eigenvalue weighted by atomic mass is 10.4. The summed E-state index contributed by atoms with van der Waals surface area (Å²) >= 11 is 0. The van der Waals surface area contributed by atoms with Crippen molar-refractivity contribution in [2.24, 2.45) is 0 Å². The Morgan fingerprint density at radius 3 is 2.33 bits per heavy atom. The lowest BCUT2D eigenvalue weighted by Crippen LogP contribution is -2.00. The maximum atomic E-state index is 12.5. The van der Waals surface area contributed by atoms with Crippen molar-refractivity contribution in [3.05, 3.63) is 11.4 Å². The van der Waals surface area contributed by atoms with Crippen LogP contribution in [0, 0.1) is 6.92 Å². The van der Waals surface area contributed by atoms with Gasteiger partial charge in [-0.2, -0.15) is 5.10 Å². The zero-order valence-electron chi connectivity index (χ0n) is 8.04. The third-order valence-electron chi connectivity index (χ3n) is 1.93. The molecule has 1 heterocycles. The number of nitrogens with zero attached hydrogens (tertiary/aromatic N) is 2. The number of aryl methyl sites for hydroxylation is 1. The summed E-state index contributed by atoms with van der Waals surface area (Å²) in [5.74, 6) is 0. The van der Waals surface area contributed by atoms with E-state index in [1.165, 1.54) is 11.6 Å². The Kier molecular flexibility index (Phi) is 3.34. The molecule has 15 heavy (non-hydrogen) atoms. The van der Waals surface area contributed by atoms with E-state index in [-0.39, 0.29) is 5.69 Å². The van der Waals surface area contributed by atoms with Crippen LogP contribution >= 0.6 is 10.7 Å². The summed E-state index contributed by atoms with van der Waals surface area (Å²) in [6, 6.07) is 0. The fraction of sp³-hybridized carbons (Fsp3) is 0.571. The van der Waals surface area contributed by atoms with E-state index >= 15 is 0 Å². The van der Waals surface area contributed by atoms with Gasteiger partial charge in [-0.05, 0) is 13.8 Å². The second-order valence-corrected chi connectivity index (χ2v) is 5.36. The molecule has 0 aromatic carbocycles. The number of rotatable bonds is 3. The van der Waals surface area contributed by atoms with Crippen LogP contribution in [0.1, 0.15) is 24.7 Å². The van der Waals surface area contributed by atoms with Gasteiger partial charge in [0.2, 0.25) is 0 Å². The van der Waals surface area contributed by atoms with Crippen molar-refractivity contribution in [1.82, 2.24) is 9.78 Å². The van der Waals surface area contributed by atoms with Gasteiger partial charge in [0.1, 0.15) is 10.6 Å². The second-order valence-electron chi connectivity index (χ2n) is 2.85. The molecule has 0 spiro atoms. The van der Waals surface area contributed by atoms with E-state index in [2.05, 4.69) is 5.10 Å². The van der Waals surface area contributed by atoms with Crippen molar-refractivity contribution >= 4 is 19.7 Å². The molecular weight excluding hydrogens is 250 g/mol. The SMILES string of the molecule is CCn1nc(C(F)F)c(S(=O)(=O)Cl)c1C. The van der Waals surface area contributed by atoms with Gasteiger partial charge in [-0.25, -0.2) is 17.2 Å². The molecular formula is C7H9ClF2N2O2S. The third-order valence-corrected chi connectivity index (χ3v) is 3.38. The van der Waals surface area contributed by atoms with Crippen molar-refractivity contribution in [1.29, 1.82) is 0 Å². The summed E-state index contributed by atoms with van der Waals surface area (Å²) in [6.07, 6.45) is -2.96. The maximum absolute atomic E-state index is 12.5. The van der Waals surface area contributed by atoms with Gasteiger partial charge in [-0.3, -0.25) is 4.68 Å². The van der Waals surface area contributed by atoms with E-state index in [1.54, 1.807) is 6.92 Å². The molecule has 0 N–H and O–H groups in total. The number of hydrogen-bond acceptors (Lipinski definition) is 3. The average molecular weight is 259 g/mol. The van der Waals surface area contributed by atoms with E-state index in [0.717, 1.165) is 0 Å². The summed E-state index contributed by atoms with van der Waals surface area (Å²) < 4.78 is 48.3. The first-order valence-electron chi connectivity index (χ1n) is 4.09. The molecule has 0 aliphatic carbocycles. The highest BCUT2D eigenvalue weighted by molar-refractivity contribution is 8.13. The summed E-state index contributed by atoms with van der Waals surface area (Å²) in [5.41, 5.74) is -0.660. The van der Waals surface area contributed by atoms with Gasteiger partial charge in [0, 0.05) is 17.2 Å². The average Bonchev–Trinajstić information content (AvgIpc) is 2.41. The topological polar surface area (TPSA) is 52.0 Å². The molecule has 8 heteroatoms. The summed E-state index contributed by atoms with van der Waals surface area (Å²) in [4.78, 5) is -0.582.